The Hall–Kier alpha value is -4.65. The number of para-hydroxylation sites is 1. The largest absolute Gasteiger partial charge is 0.486 e. The van der Waals surface area contributed by atoms with Crippen molar-refractivity contribution in [2.75, 3.05) is 18.1 Å². The number of ether oxygens (including phenoxy) is 2. The van der Waals surface area contributed by atoms with E-state index in [0.29, 0.717) is 47.9 Å². The van der Waals surface area contributed by atoms with Crippen molar-refractivity contribution >= 4 is 17.5 Å². The zero-order valence-corrected chi connectivity index (χ0v) is 21.6. The van der Waals surface area contributed by atoms with E-state index in [0.717, 1.165) is 11.1 Å². The van der Waals surface area contributed by atoms with E-state index in [1.165, 1.54) is 17.0 Å². The highest BCUT2D eigenvalue weighted by Gasteiger charge is 2.35. The second kappa shape index (κ2) is 11.8. The van der Waals surface area contributed by atoms with Gasteiger partial charge in [-0.2, -0.15) is 0 Å². The molecule has 0 fully saturated rings. The van der Waals surface area contributed by atoms with Gasteiger partial charge in [0.1, 0.15) is 25.1 Å². The van der Waals surface area contributed by atoms with Crippen LogP contribution in [0.3, 0.4) is 0 Å². The fourth-order valence-electron chi connectivity index (χ4n) is 4.67. The molecule has 0 unspecified atom stereocenters. The molecule has 1 aliphatic rings. The topological polar surface area (TPSA) is 67.9 Å². The summed E-state index contributed by atoms with van der Waals surface area (Å²) in [6.07, 6.45) is 0.642. The van der Waals surface area contributed by atoms with Gasteiger partial charge in [0.2, 0.25) is 5.91 Å². The van der Waals surface area contributed by atoms with E-state index in [1.807, 2.05) is 61.5 Å². The molecule has 0 spiro atoms. The van der Waals surface area contributed by atoms with Crippen molar-refractivity contribution in [1.82, 2.24) is 5.32 Å². The van der Waals surface area contributed by atoms with Crippen molar-refractivity contribution in [2.45, 2.75) is 25.9 Å². The Morgan fingerprint density at radius 3 is 2.31 bits per heavy atom. The molecule has 1 heterocycles. The van der Waals surface area contributed by atoms with E-state index >= 15 is 0 Å². The van der Waals surface area contributed by atoms with Gasteiger partial charge in [-0.15, -0.1) is 0 Å². The van der Waals surface area contributed by atoms with Crippen molar-refractivity contribution < 1.29 is 23.5 Å². The summed E-state index contributed by atoms with van der Waals surface area (Å²) >= 11 is 0. The number of aryl methyl sites for hydroxylation is 1. The lowest BCUT2D eigenvalue weighted by atomic mass is 9.99. The van der Waals surface area contributed by atoms with Crippen LogP contribution in [0.15, 0.2) is 97.1 Å². The molecule has 0 aliphatic carbocycles. The van der Waals surface area contributed by atoms with Gasteiger partial charge < -0.3 is 14.8 Å². The normalized spacial score (nSPS) is 12.9. The third-order valence-corrected chi connectivity index (χ3v) is 6.64. The molecule has 0 saturated heterocycles. The van der Waals surface area contributed by atoms with Crippen LogP contribution in [0.1, 0.15) is 40.0 Å². The number of nitrogens with zero attached hydrogens (tertiary/aromatic N) is 1. The van der Waals surface area contributed by atoms with Crippen LogP contribution in [0.4, 0.5) is 10.1 Å². The fraction of sp³-hybridized carbons (Fsp3) is 0.188. The van der Waals surface area contributed by atoms with Gasteiger partial charge in [0.25, 0.3) is 5.91 Å². The minimum Gasteiger partial charge on any atom is -0.486 e. The first-order valence-corrected chi connectivity index (χ1v) is 12.9. The van der Waals surface area contributed by atoms with Crippen LogP contribution in [-0.2, 0) is 17.8 Å². The smallest absolute Gasteiger partial charge is 0.259 e. The van der Waals surface area contributed by atoms with Gasteiger partial charge in [0, 0.05) is 17.8 Å². The number of hydrogen-bond acceptors (Lipinski definition) is 4. The molecule has 4 aromatic carbocycles. The number of rotatable bonds is 8. The number of carbonyl (C=O) groups excluding carboxylic acids is 2. The highest BCUT2D eigenvalue weighted by Crippen LogP contribution is 2.36. The van der Waals surface area contributed by atoms with Crippen LogP contribution in [-0.4, -0.2) is 25.0 Å². The van der Waals surface area contributed by atoms with Crippen LogP contribution in [0.5, 0.6) is 11.5 Å². The van der Waals surface area contributed by atoms with Crippen LogP contribution < -0.4 is 19.7 Å². The van der Waals surface area contributed by atoms with Crippen molar-refractivity contribution in [3.05, 3.63) is 125 Å². The van der Waals surface area contributed by atoms with Crippen molar-refractivity contribution in [3.63, 3.8) is 0 Å². The molecular formula is C32H29FN2O4. The van der Waals surface area contributed by atoms with E-state index in [2.05, 4.69) is 5.32 Å². The SMILES string of the molecule is CCc1ccccc1N(C(=O)c1ccc2c(c1)OCCO2)[C@@H](C(=O)NCc1ccccc1)c1ccc(F)cc1. The summed E-state index contributed by atoms with van der Waals surface area (Å²) in [5, 5.41) is 2.98. The van der Waals surface area contributed by atoms with Crippen LogP contribution in [0, 0.1) is 5.82 Å². The average molecular weight is 525 g/mol. The minimum atomic E-state index is -1.07. The Labute approximate surface area is 227 Å². The molecule has 1 N–H and O–H groups in total. The van der Waals surface area contributed by atoms with E-state index < -0.39 is 17.8 Å². The number of benzene rings is 4. The van der Waals surface area contributed by atoms with Gasteiger partial charge in [-0.05, 0) is 59.5 Å². The number of fused-ring (bicyclic) bond motifs is 1. The van der Waals surface area contributed by atoms with E-state index in [4.69, 9.17) is 9.47 Å². The third-order valence-electron chi connectivity index (χ3n) is 6.64. The number of hydrogen-bond donors (Lipinski definition) is 1. The second-order valence-corrected chi connectivity index (χ2v) is 9.17. The molecule has 0 radical (unpaired) electrons. The van der Waals surface area contributed by atoms with E-state index in [9.17, 15) is 14.0 Å². The number of carbonyl (C=O) groups is 2. The average Bonchev–Trinajstić information content (AvgIpc) is 2.99. The molecule has 1 atom stereocenters. The number of anilines is 1. The van der Waals surface area contributed by atoms with Gasteiger partial charge in [-0.3, -0.25) is 14.5 Å². The summed E-state index contributed by atoms with van der Waals surface area (Å²) in [5.41, 5.74) is 3.24. The molecule has 1 aliphatic heterocycles. The molecule has 0 aromatic heterocycles. The maximum Gasteiger partial charge on any atom is 0.259 e. The highest BCUT2D eigenvalue weighted by molar-refractivity contribution is 6.10. The van der Waals surface area contributed by atoms with E-state index in [-0.39, 0.29) is 12.5 Å². The summed E-state index contributed by atoms with van der Waals surface area (Å²) in [4.78, 5) is 29.8. The maximum absolute atomic E-state index is 14.3. The standard InChI is InChI=1S/C32H29FN2O4/c1-2-23-10-6-7-11-27(23)35(32(37)25-14-17-28-29(20-25)39-19-18-38-28)30(24-12-15-26(33)16-13-24)31(36)34-21-22-8-4-3-5-9-22/h3-17,20,30H,2,18-19,21H2,1H3,(H,34,36)/t30-/m1/s1. The Morgan fingerprint density at radius 1 is 0.872 bits per heavy atom. The first kappa shape index (κ1) is 26.0. The van der Waals surface area contributed by atoms with Crippen molar-refractivity contribution in [2.24, 2.45) is 0 Å². The van der Waals surface area contributed by atoms with Gasteiger partial charge >= 0.3 is 0 Å². The van der Waals surface area contributed by atoms with Crippen LogP contribution >= 0.6 is 0 Å². The molecule has 0 saturated carbocycles. The second-order valence-electron chi connectivity index (χ2n) is 9.17. The molecule has 39 heavy (non-hydrogen) atoms. The van der Waals surface area contributed by atoms with E-state index in [1.54, 1.807) is 30.3 Å². The Morgan fingerprint density at radius 2 is 1.56 bits per heavy atom. The summed E-state index contributed by atoms with van der Waals surface area (Å²) < 4.78 is 25.3. The summed E-state index contributed by atoms with van der Waals surface area (Å²) in [5.74, 6) is -0.170. The summed E-state index contributed by atoms with van der Waals surface area (Å²) in [6.45, 7) is 3.09. The van der Waals surface area contributed by atoms with Gasteiger partial charge in [-0.1, -0.05) is 67.6 Å². The summed E-state index contributed by atoms with van der Waals surface area (Å²) in [6, 6.07) is 26.6. The molecule has 198 valence electrons. The lowest BCUT2D eigenvalue weighted by Crippen LogP contribution is -2.44. The lowest BCUT2D eigenvalue weighted by Gasteiger charge is -2.33. The molecule has 0 bridgehead atoms. The third kappa shape index (κ3) is 5.77. The minimum absolute atomic E-state index is 0.277. The maximum atomic E-state index is 14.3. The highest BCUT2D eigenvalue weighted by atomic mass is 19.1. The zero-order chi connectivity index (χ0) is 27.2. The molecule has 5 rings (SSSR count). The Bertz CT molecular complexity index is 1460. The number of halogens is 1. The predicted octanol–water partition coefficient (Wildman–Crippen LogP) is 5.86. The van der Waals surface area contributed by atoms with Gasteiger partial charge in [0.05, 0.1) is 0 Å². The summed E-state index contributed by atoms with van der Waals surface area (Å²) in [7, 11) is 0. The first-order chi connectivity index (χ1) is 19.0. The molecule has 7 heteroatoms. The lowest BCUT2D eigenvalue weighted by molar-refractivity contribution is -0.122. The monoisotopic (exact) mass is 524 g/mol. The molecule has 4 aromatic rings. The van der Waals surface area contributed by atoms with Gasteiger partial charge in [-0.25, -0.2) is 4.39 Å². The van der Waals surface area contributed by atoms with Crippen molar-refractivity contribution in [1.29, 1.82) is 0 Å². The quantitative estimate of drug-likeness (QED) is 0.313. The zero-order valence-electron chi connectivity index (χ0n) is 21.6. The Kier molecular flexibility index (Phi) is 7.87. The predicted molar refractivity (Wildman–Crippen MR) is 147 cm³/mol. The molecule has 2 amide bonds. The van der Waals surface area contributed by atoms with Gasteiger partial charge in [0.15, 0.2) is 11.5 Å². The number of nitrogens with one attached hydrogen (secondary N) is 1. The number of amides is 2. The molecular weight excluding hydrogens is 495 g/mol. The molecule has 6 nitrogen and oxygen atoms in total. The fourth-order valence-corrected chi connectivity index (χ4v) is 4.67. The first-order valence-electron chi connectivity index (χ1n) is 12.9. The Balaban J connectivity index is 1.61. The van der Waals surface area contributed by atoms with Crippen molar-refractivity contribution in [3.8, 4) is 11.5 Å². The van der Waals surface area contributed by atoms with Crippen LogP contribution in [0.2, 0.25) is 0 Å². The van der Waals surface area contributed by atoms with Crippen LogP contribution in [0.25, 0.3) is 0 Å².